The summed E-state index contributed by atoms with van der Waals surface area (Å²) in [6, 6.07) is 0. The van der Waals surface area contributed by atoms with Crippen LogP contribution < -0.4 is 0 Å². The number of allylic oxidation sites excluding steroid dienone is 1. The van der Waals surface area contributed by atoms with Gasteiger partial charge >= 0.3 is 0 Å². The lowest BCUT2D eigenvalue weighted by atomic mass is 9.50. The second-order valence-corrected chi connectivity index (χ2v) is 6.64. The molecule has 2 aliphatic carbocycles. The molecule has 1 saturated carbocycles. The first-order valence-electron chi connectivity index (χ1n) is 6.74. The minimum atomic E-state index is -0.000185. The van der Waals surface area contributed by atoms with Crippen molar-refractivity contribution < 1.29 is 9.90 Å². The smallest absolute Gasteiger partial charge is 0.146 e. The average Bonchev–Trinajstić information content (AvgIpc) is 2.26. The van der Waals surface area contributed by atoms with E-state index in [-0.39, 0.29) is 12.0 Å². The Hall–Kier alpha value is -0.630. The fourth-order valence-corrected chi connectivity index (χ4v) is 4.39. The zero-order valence-corrected chi connectivity index (χ0v) is 11.3. The molecule has 2 aliphatic rings. The van der Waals surface area contributed by atoms with Crippen molar-refractivity contribution in [2.75, 3.05) is 6.61 Å². The maximum atomic E-state index is 11.4. The summed E-state index contributed by atoms with van der Waals surface area (Å²) in [6.07, 6.45) is 6.58. The van der Waals surface area contributed by atoms with Gasteiger partial charge in [0.15, 0.2) is 0 Å². The van der Waals surface area contributed by atoms with Crippen LogP contribution in [0.1, 0.15) is 52.9 Å². The highest BCUT2D eigenvalue weighted by molar-refractivity contribution is 5.77. The van der Waals surface area contributed by atoms with Crippen LogP contribution in [0.4, 0.5) is 0 Å². The largest absolute Gasteiger partial charge is 0.392 e. The monoisotopic (exact) mass is 236 g/mol. The molecule has 0 aromatic carbocycles. The number of carbonyl (C=O) groups is 1. The molecule has 0 aliphatic heterocycles. The third kappa shape index (κ3) is 1.87. The zero-order chi connectivity index (χ0) is 12.7. The van der Waals surface area contributed by atoms with Crippen molar-refractivity contribution in [1.82, 2.24) is 0 Å². The molecule has 0 radical (unpaired) electrons. The number of fused-ring (bicyclic) bond motifs is 1. The van der Waals surface area contributed by atoms with Crippen molar-refractivity contribution in [2.45, 2.75) is 52.9 Å². The minimum absolute atomic E-state index is 0.000185. The molecule has 2 unspecified atom stereocenters. The molecular formula is C15H24O2. The second-order valence-electron chi connectivity index (χ2n) is 6.64. The van der Waals surface area contributed by atoms with Crippen LogP contribution in [0.2, 0.25) is 0 Å². The number of carbonyl (C=O) groups excluding carboxylic acids is 1. The van der Waals surface area contributed by atoms with Gasteiger partial charge in [-0.2, -0.15) is 0 Å². The fraction of sp³-hybridized carbons (Fsp3) is 0.800. The molecule has 96 valence electrons. The van der Waals surface area contributed by atoms with Gasteiger partial charge in [0.1, 0.15) is 6.29 Å². The highest BCUT2D eigenvalue weighted by atomic mass is 16.3. The van der Waals surface area contributed by atoms with E-state index >= 15 is 0 Å². The van der Waals surface area contributed by atoms with Crippen molar-refractivity contribution >= 4 is 6.29 Å². The summed E-state index contributed by atoms with van der Waals surface area (Å²) < 4.78 is 0. The SMILES string of the molecule is CC1(C)CCCC2(C)C(C=O)=C(CO)CCC12. The van der Waals surface area contributed by atoms with Gasteiger partial charge in [-0.3, -0.25) is 4.79 Å². The third-order valence-electron chi connectivity index (χ3n) is 5.27. The Kier molecular flexibility index (Phi) is 3.19. The molecule has 0 spiro atoms. The van der Waals surface area contributed by atoms with Crippen molar-refractivity contribution in [1.29, 1.82) is 0 Å². The molecule has 1 fully saturated rings. The van der Waals surface area contributed by atoms with E-state index in [1.807, 2.05) is 0 Å². The molecule has 0 aromatic rings. The Balaban J connectivity index is 2.47. The Morgan fingerprint density at radius 3 is 2.65 bits per heavy atom. The first-order chi connectivity index (χ1) is 7.95. The lowest BCUT2D eigenvalue weighted by molar-refractivity contribution is -0.107. The van der Waals surface area contributed by atoms with Crippen molar-refractivity contribution in [3.8, 4) is 0 Å². The molecule has 0 aromatic heterocycles. The van der Waals surface area contributed by atoms with Gasteiger partial charge in [0.2, 0.25) is 0 Å². The second kappa shape index (κ2) is 4.24. The van der Waals surface area contributed by atoms with E-state index in [1.165, 1.54) is 12.8 Å². The van der Waals surface area contributed by atoms with Crippen LogP contribution in [0.15, 0.2) is 11.1 Å². The van der Waals surface area contributed by atoms with Gasteiger partial charge in [0.25, 0.3) is 0 Å². The molecule has 0 heterocycles. The van der Waals surface area contributed by atoms with Crippen molar-refractivity contribution in [3.63, 3.8) is 0 Å². The van der Waals surface area contributed by atoms with Crippen LogP contribution in [0.5, 0.6) is 0 Å². The summed E-state index contributed by atoms with van der Waals surface area (Å²) in [5, 5.41) is 9.41. The van der Waals surface area contributed by atoms with E-state index in [1.54, 1.807) is 0 Å². The first-order valence-corrected chi connectivity index (χ1v) is 6.74. The van der Waals surface area contributed by atoms with Crippen LogP contribution in [0.3, 0.4) is 0 Å². The summed E-state index contributed by atoms with van der Waals surface area (Å²) >= 11 is 0. The molecule has 2 atom stereocenters. The minimum Gasteiger partial charge on any atom is -0.392 e. The quantitative estimate of drug-likeness (QED) is 0.748. The van der Waals surface area contributed by atoms with Crippen LogP contribution in [0, 0.1) is 16.7 Å². The normalized spacial score (nSPS) is 36.6. The van der Waals surface area contributed by atoms with Gasteiger partial charge < -0.3 is 5.11 Å². The summed E-state index contributed by atoms with van der Waals surface area (Å²) in [5.41, 5.74) is 2.21. The van der Waals surface area contributed by atoms with E-state index in [0.717, 1.165) is 36.7 Å². The Labute approximate surface area is 104 Å². The molecule has 0 bridgehead atoms. The van der Waals surface area contributed by atoms with Gasteiger partial charge in [-0.05, 0) is 53.6 Å². The van der Waals surface area contributed by atoms with E-state index in [9.17, 15) is 9.90 Å². The first kappa shape index (κ1) is 12.8. The maximum absolute atomic E-state index is 11.4. The number of hydrogen-bond donors (Lipinski definition) is 1. The summed E-state index contributed by atoms with van der Waals surface area (Å²) in [5.74, 6) is 0.583. The number of rotatable bonds is 2. The highest BCUT2D eigenvalue weighted by Crippen LogP contribution is 2.58. The van der Waals surface area contributed by atoms with Crippen LogP contribution >= 0.6 is 0 Å². The Morgan fingerprint density at radius 1 is 1.35 bits per heavy atom. The molecule has 2 rings (SSSR count). The topological polar surface area (TPSA) is 37.3 Å². The lowest BCUT2D eigenvalue weighted by Gasteiger charge is -2.54. The molecule has 0 amide bonds. The number of aldehydes is 1. The standard InChI is InChI=1S/C15H24O2/c1-14(2)7-4-8-15(3)12(10-17)11(9-16)5-6-13(14)15/h10,13,16H,4-9H2,1-3H3. The van der Waals surface area contributed by atoms with Crippen LogP contribution in [0.25, 0.3) is 0 Å². The Bertz CT molecular complexity index is 354. The molecule has 2 heteroatoms. The maximum Gasteiger partial charge on any atom is 0.146 e. The lowest BCUT2D eigenvalue weighted by Crippen LogP contribution is -2.46. The summed E-state index contributed by atoms with van der Waals surface area (Å²) in [4.78, 5) is 11.4. The zero-order valence-electron chi connectivity index (χ0n) is 11.3. The highest BCUT2D eigenvalue weighted by Gasteiger charge is 2.50. The van der Waals surface area contributed by atoms with Crippen LogP contribution in [-0.4, -0.2) is 18.0 Å². The van der Waals surface area contributed by atoms with E-state index in [4.69, 9.17) is 0 Å². The number of aliphatic hydroxyl groups excluding tert-OH is 1. The van der Waals surface area contributed by atoms with Gasteiger partial charge in [0.05, 0.1) is 6.61 Å². The predicted molar refractivity (Wildman–Crippen MR) is 68.6 cm³/mol. The summed E-state index contributed by atoms with van der Waals surface area (Å²) in [7, 11) is 0. The van der Waals surface area contributed by atoms with E-state index in [0.29, 0.717) is 11.3 Å². The molecule has 0 saturated heterocycles. The van der Waals surface area contributed by atoms with Gasteiger partial charge in [-0.1, -0.05) is 27.2 Å². The van der Waals surface area contributed by atoms with Crippen molar-refractivity contribution in [2.24, 2.45) is 16.7 Å². The molecule has 2 nitrogen and oxygen atoms in total. The number of hydrogen-bond acceptors (Lipinski definition) is 2. The van der Waals surface area contributed by atoms with Gasteiger partial charge in [-0.25, -0.2) is 0 Å². The van der Waals surface area contributed by atoms with E-state index in [2.05, 4.69) is 20.8 Å². The van der Waals surface area contributed by atoms with Crippen LogP contribution in [-0.2, 0) is 4.79 Å². The fourth-order valence-electron chi connectivity index (χ4n) is 4.39. The Morgan fingerprint density at radius 2 is 2.06 bits per heavy atom. The van der Waals surface area contributed by atoms with E-state index < -0.39 is 0 Å². The van der Waals surface area contributed by atoms with Gasteiger partial charge in [0, 0.05) is 0 Å². The molecular weight excluding hydrogens is 212 g/mol. The van der Waals surface area contributed by atoms with Gasteiger partial charge in [-0.15, -0.1) is 0 Å². The predicted octanol–water partition coefficient (Wildman–Crippen LogP) is 3.10. The van der Waals surface area contributed by atoms with Crippen molar-refractivity contribution in [3.05, 3.63) is 11.1 Å². The average molecular weight is 236 g/mol. The third-order valence-corrected chi connectivity index (χ3v) is 5.27. The summed E-state index contributed by atoms with van der Waals surface area (Å²) in [6.45, 7) is 6.96. The molecule has 17 heavy (non-hydrogen) atoms. The molecule has 1 N–H and O–H groups in total. The number of aliphatic hydroxyl groups is 1.